The number of rotatable bonds is 30. The van der Waals surface area contributed by atoms with Gasteiger partial charge >= 0.3 is 0 Å². The van der Waals surface area contributed by atoms with Gasteiger partial charge in [0.1, 0.15) is 34.7 Å². The summed E-state index contributed by atoms with van der Waals surface area (Å²) in [6, 6.07) is 44.2. The molecule has 6 saturated heterocycles. The van der Waals surface area contributed by atoms with Gasteiger partial charge in [-0.1, -0.05) is 93.6 Å². The molecule has 6 aliphatic heterocycles. The van der Waals surface area contributed by atoms with Gasteiger partial charge in [0.15, 0.2) is 0 Å². The maximum absolute atomic E-state index is 11.3. The van der Waals surface area contributed by atoms with E-state index in [1.807, 2.05) is 35.3 Å². The molecule has 18 nitrogen and oxygen atoms in total. The van der Waals surface area contributed by atoms with E-state index in [0.29, 0.717) is 159 Å². The Bertz CT molecular complexity index is 5900. The molecular weight excluding hydrogens is 1900 g/mol. The molecule has 144 heavy (non-hydrogen) atoms. The number of carbonyl (C=O) groups excluding carboxylic acids is 6. The van der Waals surface area contributed by atoms with Gasteiger partial charge in [0.2, 0.25) is 0 Å². The van der Waals surface area contributed by atoms with E-state index in [0.717, 1.165) is 73.4 Å². The Hall–Kier alpha value is -7.56. The largest absolute Gasteiger partial charge is 0.361 e. The number of nitrogens with zero attached hydrogens (tertiary/aromatic N) is 6. The number of Topliss-reactive ketones (excluding diaryl/α,β-unsaturated/α-hetero) is 6. The second-order valence-electron chi connectivity index (χ2n) is 45.0. The molecule has 0 unspecified atom stereocenters. The number of likely N-dealkylation sites (tertiary alicyclic amines) is 6. The number of hydrogen-bond donors (Lipinski definition) is 6. The Morgan fingerprint density at radius 2 is 0.431 bits per heavy atom. The summed E-state index contributed by atoms with van der Waals surface area (Å²) in [4.78, 5) is 104. The van der Waals surface area contributed by atoms with E-state index in [4.69, 9.17) is 0 Å². The van der Waals surface area contributed by atoms with Crippen LogP contribution in [0.25, 0.3) is 65.4 Å². The number of nitrogens with one attached hydrogen (secondary N) is 6. The van der Waals surface area contributed by atoms with Gasteiger partial charge in [0.05, 0.1) is 34.5 Å². The zero-order valence-electron chi connectivity index (χ0n) is 87.3. The third-order valence-corrected chi connectivity index (χ3v) is 41.8. The first-order valence-electron chi connectivity index (χ1n) is 54.2. The second-order valence-corrected chi connectivity index (χ2v) is 51.2. The topological polar surface area (TPSA) is 217 Å². The molecule has 6 N–H and O–H groups in total. The zero-order chi connectivity index (χ0) is 100. The normalized spacial score (nSPS) is 26.5. The van der Waals surface area contributed by atoms with Crippen LogP contribution in [0.1, 0.15) is 222 Å². The van der Waals surface area contributed by atoms with E-state index in [1.165, 1.54) is 232 Å². The molecule has 24 heteroatoms. The van der Waals surface area contributed by atoms with Crippen molar-refractivity contribution in [2.24, 2.45) is 35.5 Å². The summed E-state index contributed by atoms with van der Waals surface area (Å²) in [5.41, 5.74) is 25.9. The van der Waals surface area contributed by atoms with Crippen LogP contribution in [0.2, 0.25) is 0 Å². The quantitative estimate of drug-likeness (QED) is 0.0247. The van der Waals surface area contributed by atoms with Crippen LogP contribution in [0.5, 0.6) is 0 Å². The lowest BCUT2D eigenvalue weighted by Gasteiger charge is -2.47. The van der Waals surface area contributed by atoms with E-state index >= 15 is 0 Å². The van der Waals surface area contributed by atoms with Crippen molar-refractivity contribution in [1.82, 2.24) is 59.3 Å². The van der Waals surface area contributed by atoms with Crippen LogP contribution in [0.3, 0.4) is 0 Å². The van der Waals surface area contributed by atoms with Crippen molar-refractivity contribution in [1.29, 1.82) is 0 Å². The van der Waals surface area contributed by atoms with Gasteiger partial charge < -0.3 is 44.6 Å². The molecule has 0 saturated carbocycles. The average Bonchev–Trinajstić information content (AvgIpc) is 1.59. The fraction of sp³-hybridized carbons (Fsp3) is 0.550. The Morgan fingerprint density at radius 3 is 0.611 bits per heavy atom. The first kappa shape index (κ1) is 105. The molecular formula is C120H156N12O6S6. The SMILES string of the molecule is CC(=O)CSC[C@@H]1C[C@@H]2c3cccc4[nH]cc(c34)C[C@H]2N(C)C1.CC(=O)CSC[C@@H]1C[C@@H]2c3cccc4[nH]cc(c34)C[C@H]2N(C)C1.CC(=O)CSC[C@@H]1C[C@@H]2c3cccc4[nH]cc(c34)C[C@H]2N(C)C1.CCCN1C[C@H](CSCC(C)=O)C[C@@H]2c3cccc4[nH]cc(c34)C[C@H]21.CCCN1C[C@H](CSCC(C)=O)C[C@@H]2c3cccc4[nH]cc(c34)C[C@H]21.CCCN1C[C@H](CSCC(C)=O)C[C@@H]2c3cccc4[nH]cc(c34)C[C@H]21. The number of benzene rings is 6. The monoisotopic (exact) mass is 2050 g/mol. The number of carbonyl (C=O) groups is 6. The highest BCUT2D eigenvalue weighted by Crippen LogP contribution is 2.53. The van der Waals surface area contributed by atoms with Gasteiger partial charge in [-0.15, -0.1) is 0 Å². The number of fused-ring (bicyclic) bond motifs is 12. The first-order valence-corrected chi connectivity index (χ1v) is 61.1. The fourth-order valence-corrected chi connectivity index (χ4v) is 34.3. The molecule has 12 heterocycles. The van der Waals surface area contributed by atoms with Crippen LogP contribution in [0.4, 0.5) is 0 Å². The van der Waals surface area contributed by atoms with Crippen molar-refractivity contribution in [3.05, 3.63) is 213 Å². The maximum atomic E-state index is 11.3. The number of likely N-dealkylation sites (N-methyl/N-ethyl adjacent to an activating group) is 3. The second kappa shape index (κ2) is 47.7. The highest BCUT2D eigenvalue weighted by molar-refractivity contribution is 8.01. The van der Waals surface area contributed by atoms with Crippen molar-refractivity contribution in [3.8, 4) is 0 Å². The minimum atomic E-state index is 0.288. The van der Waals surface area contributed by atoms with Crippen molar-refractivity contribution in [2.75, 3.05) is 149 Å². The van der Waals surface area contributed by atoms with Gasteiger partial charge in [0, 0.05) is 214 Å². The summed E-state index contributed by atoms with van der Waals surface area (Å²) in [6.45, 7) is 27.6. The van der Waals surface area contributed by atoms with Crippen LogP contribution in [-0.2, 0) is 67.3 Å². The summed E-state index contributed by atoms with van der Waals surface area (Å²) in [6.07, 6.45) is 31.5. The lowest BCUT2D eigenvalue weighted by atomic mass is 9.72. The molecule has 6 aromatic heterocycles. The average molecular weight is 2060 g/mol. The van der Waals surface area contributed by atoms with E-state index in [9.17, 15) is 28.8 Å². The lowest BCUT2D eigenvalue weighted by molar-refractivity contribution is -0.115. The van der Waals surface area contributed by atoms with E-state index in [2.05, 4.69) is 248 Å². The molecule has 12 aliphatic rings. The number of piperidine rings is 6. The van der Waals surface area contributed by atoms with Gasteiger partial charge in [-0.25, -0.2) is 0 Å². The Labute approximate surface area is 880 Å². The lowest BCUT2D eigenvalue weighted by Crippen LogP contribution is -2.50. The Morgan fingerprint density at radius 1 is 0.257 bits per heavy atom. The molecule has 0 radical (unpaired) electrons. The third kappa shape index (κ3) is 23.5. The molecule has 768 valence electrons. The van der Waals surface area contributed by atoms with E-state index < -0.39 is 0 Å². The third-order valence-electron chi connectivity index (χ3n) is 33.9. The molecule has 6 aromatic carbocycles. The number of H-pyrrole nitrogens is 6. The number of hydrogen-bond acceptors (Lipinski definition) is 18. The Balaban J connectivity index is 0.000000109. The maximum Gasteiger partial charge on any atom is 0.139 e. The molecule has 24 rings (SSSR count). The van der Waals surface area contributed by atoms with Crippen molar-refractivity contribution in [3.63, 3.8) is 0 Å². The highest BCUT2D eigenvalue weighted by Gasteiger charge is 2.48. The molecule has 0 amide bonds. The summed E-state index contributed by atoms with van der Waals surface area (Å²) >= 11 is 10.9. The highest BCUT2D eigenvalue weighted by atomic mass is 32.2. The summed E-state index contributed by atoms with van der Waals surface area (Å²) in [5, 5.41) is 8.87. The fourth-order valence-electron chi connectivity index (χ4n) is 28.4. The van der Waals surface area contributed by atoms with E-state index in [1.54, 1.807) is 93.5 Å². The van der Waals surface area contributed by atoms with Gasteiger partial charge in [-0.05, 0) is 352 Å². The predicted octanol–water partition coefficient (Wildman–Crippen LogP) is 23.0. The number of aromatic nitrogens is 6. The molecule has 18 atom stereocenters. The minimum Gasteiger partial charge on any atom is -0.361 e. The molecule has 6 fully saturated rings. The van der Waals surface area contributed by atoms with Gasteiger partial charge in [-0.2, -0.15) is 70.6 Å². The van der Waals surface area contributed by atoms with Crippen LogP contribution in [0, 0.1) is 35.5 Å². The van der Waals surface area contributed by atoms with Gasteiger partial charge in [-0.3, -0.25) is 43.5 Å². The van der Waals surface area contributed by atoms with Crippen LogP contribution in [-0.4, -0.2) is 279 Å². The van der Waals surface area contributed by atoms with Crippen LogP contribution in [0.15, 0.2) is 146 Å². The summed E-state index contributed by atoms with van der Waals surface area (Å²) in [5.74, 6) is 20.2. The molecule has 0 spiro atoms. The van der Waals surface area contributed by atoms with Gasteiger partial charge in [0.25, 0.3) is 0 Å². The predicted molar refractivity (Wildman–Crippen MR) is 611 cm³/mol. The number of thioether (sulfide) groups is 6. The number of ketones is 6. The molecule has 6 aliphatic carbocycles. The Kier molecular flexibility index (Phi) is 34.8. The summed E-state index contributed by atoms with van der Waals surface area (Å²) < 4.78 is 0. The molecule has 12 aromatic rings. The van der Waals surface area contributed by atoms with E-state index in [-0.39, 0.29) is 17.3 Å². The van der Waals surface area contributed by atoms with Crippen molar-refractivity contribution < 1.29 is 28.8 Å². The molecule has 0 bridgehead atoms. The zero-order valence-corrected chi connectivity index (χ0v) is 92.2. The standard InChI is InChI=1S/3C21H28N2OS.3C19H24N2OS/c3*1-3-7-23-11-15(13-25-12-14(2)24)8-18-17-5-4-6-19-21(17)16(10-22-19)9-20(18)23;3*1-12(22)10-23-11-13-6-16-15-4-3-5-17-19(15)14(8-20-17)7-18(16)21(2)9-13/h3*4-6,10,15,18,20,22H,3,7-9,11-13H2,1-2H3;3*3-5,8,13,16,18,20H,6-7,9-11H2,1-2H3/t3*15-,18-,20-;3*13-,16-,18-/m111111/s1. The minimum absolute atomic E-state index is 0.288. The van der Waals surface area contributed by atoms with Crippen LogP contribution >= 0.6 is 70.6 Å². The van der Waals surface area contributed by atoms with Crippen LogP contribution < -0.4 is 0 Å². The first-order chi connectivity index (χ1) is 69.9. The van der Waals surface area contributed by atoms with Crippen molar-refractivity contribution >= 4 is 171 Å². The smallest absolute Gasteiger partial charge is 0.139 e. The number of aromatic amines is 6. The van der Waals surface area contributed by atoms with Crippen molar-refractivity contribution in [2.45, 2.75) is 230 Å². The summed E-state index contributed by atoms with van der Waals surface area (Å²) in [7, 11) is 6.83.